The van der Waals surface area contributed by atoms with Crippen molar-refractivity contribution in [2.75, 3.05) is 31.5 Å². The van der Waals surface area contributed by atoms with Gasteiger partial charge in [0.2, 0.25) is 5.95 Å². The van der Waals surface area contributed by atoms with E-state index >= 15 is 0 Å². The SMILES string of the molecule is N#CCN1CCC[C@@H]1c1ccnc(Nc2nc(C(=O)N3CC(F)(F)C3)cs2)n1. The number of likely N-dealkylation sites (tertiary alicyclic amines) is 2. The average Bonchev–Trinajstić information content (AvgIpc) is 3.29. The molecular weight excluding hydrogens is 388 g/mol. The Morgan fingerprint density at radius 1 is 1.43 bits per heavy atom. The highest BCUT2D eigenvalue weighted by Gasteiger charge is 2.46. The van der Waals surface area contributed by atoms with E-state index in [2.05, 4.69) is 31.2 Å². The lowest BCUT2D eigenvalue weighted by atomic mass is 10.1. The van der Waals surface area contributed by atoms with Gasteiger partial charge in [0.1, 0.15) is 5.69 Å². The number of hydrogen-bond acceptors (Lipinski definition) is 8. The van der Waals surface area contributed by atoms with Gasteiger partial charge in [0.15, 0.2) is 5.13 Å². The molecule has 146 valence electrons. The van der Waals surface area contributed by atoms with Gasteiger partial charge in [-0.05, 0) is 25.5 Å². The van der Waals surface area contributed by atoms with Crippen LogP contribution in [-0.2, 0) is 0 Å². The zero-order valence-electron chi connectivity index (χ0n) is 14.8. The Kier molecular flexibility index (Phi) is 4.91. The van der Waals surface area contributed by atoms with Crippen molar-refractivity contribution < 1.29 is 13.6 Å². The zero-order chi connectivity index (χ0) is 19.7. The number of nitriles is 1. The molecule has 1 N–H and O–H groups in total. The fourth-order valence-electron chi connectivity index (χ4n) is 3.40. The summed E-state index contributed by atoms with van der Waals surface area (Å²) in [6.45, 7) is 0.0686. The molecule has 0 aromatic carbocycles. The summed E-state index contributed by atoms with van der Waals surface area (Å²) in [6.07, 6.45) is 3.57. The van der Waals surface area contributed by atoms with Gasteiger partial charge >= 0.3 is 0 Å². The molecule has 2 aliphatic rings. The van der Waals surface area contributed by atoms with Crippen molar-refractivity contribution in [3.8, 4) is 6.07 Å². The first-order chi connectivity index (χ1) is 13.4. The number of carbonyl (C=O) groups is 1. The Morgan fingerprint density at radius 3 is 3.00 bits per heavy atom. The molecule has 8 nitrogen and oxygen atoms in total. The summed E-state index contributed by atoms with van der Waals surface area (Å²) in [5.41, 5.74) is 0.941. The molecule has 0 unspecified atom stereocenters. The van der Waals surface area contributed by atoms with Crippen molar-refractivity contribution in [3.63, 3.8) is 0 Å². The number of hydrogen-bond donors (Lipinski definition) is 1. The molecule has 11 heteroatoms. The van der Waals surface area contributed by atoms with Crippen LogP contribution in [0, 0.1) is 11.3 Å². The number of thiazole rings is 1. The highest BCUT2D eigenvalue weighted by Crippen LogP contribution is 2.31. The summed E-state index contributed by atoms with van der Waals surface area (Å²) in [5, 5.41) is 13.9. The lowest BCUT2D eigenvalue weighted by Gasteiger charge is -2.38. The largest absolute Gasteiger partial charge is 0.325 e. The Bertz CT molecular complexity index is 920. The molecule has 0 radical (unpaired) electrons. The molecule has 4 rings (SSSR count). The number of anilines is 2. The average molecular weight is 405 g/mol. The maximum absolute atomic E-state index is 12.9. The summed E-state index contributed by atoms with van der Waals surface area (Å²) in [4.78, 5) is 28.2. The molecule has 0 bridgehead atoms. The first kappa shape index (κ1) is 18.6. The van der Waals surface area contributed by atoms with E-state index in [1.54, 1.807) is 6.20 Å². The van der Waals surface area contributed by atoms with Crippen molar-refractivity contribution in [2.24, 2.45) is 0 Å². The fourth-order valence-corrected chi connectivity index (χ4v) is 4.08. The van der Waals surface area contributed by atoms with Crippen molar-refractivity contribution >= 4 is 28.3 Å². The van der Waals surface area contributed by atoms with E-state index < -0.39 is 24.9 Å². The number of nitrogens with one attached hydrogen (secondary N) is 1. The Balaban J connectivity index is 1.43. The molecule has 2 aromatic rings. The lowest BCUT2D eigenvalue weighted by Crippen LogP contribution is -2.58. The molecule has 4 heterocycles. The van der Waals surface area contributed by atoms with Crippen LogP contribution in [0.15, 0.2) is 17.6 Å². The maximum Gasteiger partial charge on any atom is 0.282 e. The van der Waals surface area contributed by atoms with Crippen molar-refractivity contribution in [3.05, 3.63) is 29.0 Å². The minimum Gasteiger partial charge on any atom is -0.325 e. The molecule has 1 amide bonds. The molecular formula is C17H17F2N7OS. The third-order valence-corrected chi connectivity index (χ3v) is 5.49. The zero-order valence-corrected chi connectivity index (χ0v) is 15.6. The summed E-state index contributed by atoms with van der Waals surface area (Å²) in [5.74, 6) is -2.98. The number of nitrogens with zero attached hydrogens (tertiary/aromatic N) is 6. The minimum absolute atomic E-state index is 0.0738. The predicted octanol–water partition coefficient (Wildman–Crippen LogP) is 2.43. The maximum atomic E-state index is 12.9. The topological polar surface area (TPSA) is 98.0 Å². The fraction of sp³-hybridized carbons (Fsp3) is 0.471. The van der Waals surface area contributed by atoms with E-state index in [1.807, 2.05) is 6.07 Å². The normalized spacial score (nSPS) is 21.2. The first-order valence-electron chi connectivity index (χ1n) is 8.79. The standard InChI is InChI=1S/C17H17F2N7OS/c18-17(19)9-26(10-17)14(27)12-8-28-16(23-12)24-15-21-5-3-11(22-15)13-2-1-6-25(13)7-4-20/h3,5,8,13H,1-2,6-7,9-10H2,(H,21,22,23,24)/t13-/m1/s1. The van der Waals surface area contributed by atoms with Crippen LogP contribution in [0.25, 0.3) is 0 Å². The van der Waals surface area contributed by atoms with Gasteiger partial charge in [-0.2, -0.15) is 5.26 Å². The number of halogens is 2. The molecule has 1 atom stereocenters. The second-order valence-corrected chi connectivity index (χ2v) is 7.63. The molecule has 0 saturated carbocycles. The third-order valence-electron chi connectivity index (χ3n) is 4.73. The van der Waals surface area contributed by atoms with Crippen LogP contribution in [0.5, 0.6) is 0 Å². The molecule has 2 fully saturated rings. The van der Waals surface area contributed by atoms with E-state index in [-0.39, 0.29) is 11.7 Å². The highest BCUT2D eigenvalue weighted by atomic mass is 32.1. The molecule has 2 aliphatic heterocycles. The van der Waals surface area contributed by atoms with Crippen LogP contribution in [0.2, 0.25) is 0 Å². The van der Waals surface area contributed by atoms with Crippen LogP contribution in [0.3, 0.4) is 0 Å². The van der Waals surface area contributed by atoms with Crippen molar-refractivity contribution in [1.29, 1.82) is 5.26 Å². The van der Waals surface area contributed by atoms with Gasteiger partial charge in [0.25, 0.3) is 11.8 Å². The summed E-state index contributed by atoms with van der Waals surface area (Å²) >= 11 is 1.18. The summed E-state index contributed by atoms with van der Waals surface area (Å²) < 4.78 is 25.9. The van der Waals surface area contributed by atoms with Crippen molar-refractivity contribution in [1.82, 2.24) is 24.8 Å². The predicted molar refractivity (Wildman–Crippen MR) is 97.4 cm³/mol. The number of carbonyl (C=O) groups excluding carboxylic acids is 1. The van der Waals surface area contributed by atoms with Gasteiger partial charge in [-0.1, -0.05) is 0 Å². The van der Waals surface area contributed by atoms with Gasteiger partial charge in [0.05, 0.1) is 37.4 Å². The van der Waals surface area contributed by atoms with Gasteiger partial charge in [0, 0.05) is 11.6 Å². The second-order valence-electron chi connectivity index (χ2n) is 6.77. The van der Waals surface area contributed by atoms with Crippen LogP contribution < -0.4 is 5.32 Å². The summed E-state index contributed by atoms with van der Waals surface area (Å²) in [7, 11) is 0. The molecule has 0 spiro atoms. The van der Waals surface area contributed by atoms with Gasteiger partial charge in [-0.3, -0.25) is 9.69 Å². The van der Waals surface area contributed by atoms with E-state index in [9.17, 15) is 13.6 Å². The molecule has 0 aliphatic carbocycles. The van der Waals surface area contributed by atoms with Crippen LogP contribution in [-0.4, -0.2) is 62.8 Å². The number of amides is 1. The number of aromatic nitrogens is 3. The molecule has 2 saturated heterocycles. The monoisotopic (exact) mass is 405 g/mol. The van der Waals surface area contributed by atoms with Crippen molar-refractivity contribution in [2.45, 2.75) is 24.8 Å². The third kappa shape index (κ3) is 3.79. The number of alkyl halides is 2. The Labute approximate surface area is 163 Å². The van der Waals surface area contributed by atoms with Crippen LogP contribution in [0.1, 0.15) is 35.1 Å². The van der Waals surface area contributed by atoms with E-state index in [1.165, 1.54) is 16.7 Å². The Hall–Kier alpha value is -2.71. The Morgan fingerprint density at radius 2 is 2.25 bits per heavy atom. The van der Waals surface area contributed by atoms with Gasteiger partial charge in [-0.25, -0.2) is 23.7 Å². The van der Waals surface area contributed by atoms with Gasteiger partial charge in [-0.15, -0.1) is 11.3 Å². The first-order valence-corrected chi connectivity index (χ1v) is 9.67. The van der Waals surface area contributed by atoms with E-state index in [4.69, 9.17) is 5.26 Å². The van der Waals surface area contributed by atoms with E-state index in [0.717, 1.165) is 30.0 Å². The summed E-state index contributed by atoms with van der Waals surface area (Å²) in [6, 6.07) is 4.08. The number of rotatable bonds is 5. The second kappa shape index (κ2) is 7.37. The van der Waals surface area contributed by atoms with Gasteiger partial charge < -0.3 is 10.2 Å². The van der Waals surface area contributed by atoms with Crippen LogP contribution in [0.4, 0.5) is 19.9 Å². The van der Waals surface area contributed by atoms with Crippen LogP contribution >= 0.6 is 11.3 Å². The molecule has 28 heavy (non-hydrogen) atoms. The highest BCUT2D eigenvalue weighted by molar-refractivity contribution is 7.14. The minimum atomic E-state index is -2.80. The lowest BCUT2D eigenvalue weighted by molar-refractivity contribution is -0.113. The van der Waals surface area contributed by atoms with E-state index in [0.29, 0.717) is 17.6 Å². The quantitative estimate of drug-likeness (QED) is 0.763. The smallest absolute Gasteiger partial charge is 0.282 e. The molecule has 2 aromatic heterocycles.